The van der Waals surface area contributed by atoms with E-state index in [9.17, 15) is 19.2 Å². The molecule has 0 aliphatic rings. The van der Waals surface area contributed by atoms with E-state index in [1.165, 1.54) is 0 Å². The second-order valence-electron chi connectivity index (χ2n) is 19.0. The number of carbonyl (C=O) groups excluding carboxylic acids is 4. The molecule has 2 N–H and O–H groups in total. The monoisotopic (exact) mass is 791 g/mol. The molecule has 1 unspecified atom stereocenters. The molecule has 14 nitrogen and oxygen atoms in total. The molecule has 0 aliphatic heterocycles. The van der Waals surface area contributed by atoms with Crippen molar-refractivity contribution >= 4 is 24.1 Å². The van der Waals surface area contributed by atoms with E-state index < -0.39 is 46.7 Å². The maximum absolute atomic E-state index is 13.2. The van der Waals surface area contributed by atoms with Gasteiger partial charge in [-0.25, -0.2) is 9.59 Å². The summed E-state index contributed by atoms with van der Waals surface area (Å²) >= 11 is 0. The lowest BCUT2D eigenvalue weighted by atomic mass is 9.74. The fourth-order valence-corrected chi connectivity index (χ4v) is 5.75. The van der Waals surface area contributed by atoms with E-state index in [1.54, 1.807) is 13.8 Å². The molecule has 0 aromatic carbocycles. The lowest BCUT2D eigenvalue weighted by Gasteiger charge is -2.33. The van der Waals surface area contributed by atoms with Crippen LogP contribution < -0.4 is 10.6 Å². The highest BCUT2D eigenvalue weighted by Gasteiger charge is 2.38. The Hall–Kier alpha value is -2.68. The first kappa shape index (κ1) is 52.3. The van der Waals surface area contributed by atoms with Crippen molar-refractivity contribution in [2.45, 2.75) is 147 Å². The Labute approximate surface area is 332 Å². The smallest absolute Gasteiger partial charge is 0.407 e. The quantitative estimate of drug-likeness (QED) is 0.0487. The van der Waals surface area contributed by atoms with Gasteiger partial charge in [0.05, 0.1) is 68.3 Å². The van der Waals surface area contributed by atoms with Gasteiger partial charge in [0.25, 0.3) is 0 Å². The third-order valence-corrected chi connectivity index (χ3v) is 8.48. The lowest BCUT2D eigenvalue weighted by Crippen LogP contribution is -2.40. The van der Waals surface area contributed by atoms with Gasteiger partial charge in [0.15, 0.2) is 6.10 Å². The van der Waals surface area contributed by atoms with Crippen LogP contribution in [0.1, 0.15) is 130 Å². The summed E-state index contributed by atoms with van der Waals surface area (Å²) in [6, 6.07) is 0. The molecule has 0 radical (unpaired) electrons. The zero-order valence-corrected chi connectivity index (χ0v) is 37.1. The van der Waals surface area contributed by atoms with Gasteiger partial charge in [0.2, 0.25) is 0 Å². The van der Waals surface area contributed by atoms with Crippen molar-refractivity contribution in [2.75, 3.05) is 72.6 Å². The molecule has 324 valence electrons. The van der Waals surface area contributed by atoms with Crippen molar-refractivity contribution in [1.82, 2.24) is 10.6 Å². The maximum Gasteiger partial charge on any atom is 0.407 e. The molecular formula is C41H78N2O12. The van der Waals surface area contributed by atoms with Crippen LogP contribution in [0.2, 0.25) is 0 Å². The number of carbonyl (C=O) groups is 4. The molecule has 0 heterocycles. The minimum absolute atomic E-state index is 0.0598. The van der Waals surface area contributed by atoms with E-state index in [2.05, 4.69) is 31.4 Å². The van der Waals surface area contributed by atoms with Crippen LogP contribution in [-0.2, 0) is 47.5 Å². The van der Waals surface area contributed by atoms with Crippen molar-refractivity contribution in [2.24, 2.45) is 21.7 Å². The Kier molecular flexibility index (Phi) is 23.0. The molecule has 0 aliphatic carbocycles. The standard InChI is InChI=1S/C41H78N2O12/c1-16-38(8,9)30-40(12,13)32(44)51-27-31(55-33(45)39(10,11)29-36(2,3)4)28-52-35(47)43-19-22-49-24-23-48-21-18-42-34(46)50-20-17-41(14,15)54-26-25-53-37(5,6)7/h31H,16-30H2,1-15H3,(H,42,46)(H,43,47). The largest absolute Gasteiger partial charge is 0.461 e. The highest BCUT2D eigenvalue weighted by atomic mass is 16.6. The van der Waals surface area contributed by atoms with Gasteiger partial charge in [0.1, 0.15) is 13.2 Å². The number of rotatable bonds is 27. The van der Waals surface area contributed by atoms with Crippen LogP contribution in [0.3, 0.4) is 0 Å². The van der Waals surface area contributed by atoms with Crippen LogP contribution in [0.5, 0.6) is 0 Å². The van der Waals surface area contributed by atoms with Crippen molar-refractivity contribution in [3.8, 4) is 0 Å². The normalized spacial score (nSPS) is 13.5. The van der Waals surface area contributed by atoms with Gasteiger partial charge in [-0.3, -0.25) is 9.59 Å². The van der Waals surface area contributed by atoms with Crippen LogP contribution in [0.15, 0.2) is 0 Å². The number of esters is 2. The van der Waals surface area contributed by atoms with E-state index in [1.807, 2.05) is 69.2 Å². The molecule has 0 fully saturated rings. The van der Waals surface area contributed by atoms with Gasteiger partial charge in [-0.2, -0.15) is 0 Å². The summed E-state index contributed by atoms with van der Waals surface area (Å²) in [5, 5.41) is 5.23. The molecule has 14 heteroatoms. The Morgan fingerprint density at radius 3 is 1.55 bits per heavy atom. The molecule has 55 heavy (non-hydrogen) atoms. The maximum atomic E-state index is 13.2. The topological polar surface area (TPSA) is 166 Å². The predicted octanol–water partition coefficient (Wildman–Crippen LogP) is 7.24. The summed E-state index contributed by atoms with van der Waals surface area (Å²) < 4.78 is 44.4. The van der Waals surface area contributed by atoms with Crippen molar-refractivity contribution in [1.29, 1.82) is 0 Å². The molecule has 0 saturated heterocycles. The van der Waals surface area contributed by atoms with Gasteiger partial charge in [-0.05, 0) is 86.0 Å². The number of amides is 2. The summed E-state index contributed by atoms with van der Waals surface area (Å²) in [5.41, 5.74) is -2.43. The van der Waals surface area contributed by atoms with E-state index >= 15 is 0 Å². The Morgan fingerprint density at radius 1 is 0.545 bits per heavy atom. The minimum atomic E-state index is -0.989. The zero-order valence-electron chi connectivity index (χ0n) is 37.1. The Bertz CT molecular complexity index is 1140. The SMILES string of the molecule is CCC(C)(C)CC(C)(C)C(=O)OCC(COC(=O)NCCOCCOCCNC(=O)OCCC(C)(C)OCCOC(C)(C)C)OC(=O)C(C)(C)CC(C)(C)C. The summed E-state index contributed by atoms with van der Waals surface area (Å²) in [6.07, 6.45) is 0.366. The van der Waals surface area contributed by atoms with Gasteiger partial charge in [-0.1, -0.05) is 48.0 Å². The van der Waals surface area contributed by atoms with Crippen LogP contribution in [-0.4, -0.2) is 114 Å². The number of nitrogens with one attached hydrogen (secondary N) is 2. The molecule has 0 spiro atoms. The molecule has 0 bridgehead atoms. The molecule has 2 amide bonds. The number of ether oxygens (including phenoxy) is 8. The zero-order chi connectivity index (χ0) is 42.6. The molecule has 1 atom stereocenters. The number of hydrogen-bond acceptors (Lipinski definition) is 12. The summed E-state index contributed by atoms with van der Waals surface area (Å²) in [6.45, 7) is 31.6. The van der Waals surface area contributed by atoms with E-state index in [0.29, 0.717) is 32.5 Å². The second kappa shape index (κ2) is 24.2. The van der Waals surface area contributed by atoms with Crippen molar-refractivity contribution in [3.05, 3.63) is 0 Å². The van der Waals surface area contributed by atoms with Crippen LogP contribution in [0, 0.1) is 21.7 Å². The predicted molar refractivity (Wildman–Crippen MR) is 212 cm³/mol. The lowest BCUT2D eigenvalue weighted by molar-refractivity contribution is -0.174. The van der Waals surface area contributed by atoms with Gasteiger partial charge < -0.3 is 48.5 Å². The molecule has 0 saturated carbocycles. The van der Waals surface area contributed by atoms with Crippen molar-refractivity contribution < 1.29 is 57.1 Å². The molecular weight excluding hydrogens is 712 g/mol. The van der Waals surface area contributed by atoms with Gasteiger partial charge in [-0.15, -0.1) is 0 Å². The van der Waals surface area contributed by atoms with Crippen LogP contribution in [0.4, 0.5) is 9.59 Å². The molecule has 0 aromatic rings. The molecule has 0 aromatic heterocycles. The number of hydrogen-bond donors (Lipinski definition) is 2. The van der Waals surface area contributed by atoms with Crippen LogP contribution in [0.25, 0.3) is 0 Å². The average Bonchev–Trinajstić information content (AvgIpc) is 3.02. The summed E-state index contributed by atoms with van der Waals surface area (Å²) in [7, 11) is 0. The Morgan fingerprint density at radius 2 is 1.04 bits per heavy atom. The van der Waals surface area contributed by atoms with E-state index in [-0.39, 0.29) is 75.8 Å². The van der Waals surface area contributed by atoms with Crippen molar-refractivity contribution in [3.63, 3.8) is 0 Å². The number of alkyl carbamates (subject to hydrolysis) is 2. The fourth-order valence-electron chi connectivity index (χ4n) is 5.75. The fraction of sp³-hybridized carbons (Fsp3) is 0.902. The molecule has 0 rings (SSSR count). The highest BCUT2D eigenvalue weighted by Crippen LogP contribution is 2.37. The highest BCUT2D eigenvalue weighted by molar-refractivity contribution is 5.77. The second-order valence-corrected chi connectivity index (χ2v) is 19.0. The van der Waals surface area contributed by atoms with Crippen LogP contribution >= 0.6 is 0 Å². The summed E-state index contributed by atoms with van der Waals surface area (Å²) in [4.78, 5) is 50.7. The van der Waals surface area contributed by atoms with E-state index in [4.69, 9.17) is 37.9 Å². The average molecular weight is 791 g/mol. The third-order valence-electron chi connectivity index (χ3n) is 8.48. The first-order chi connectivity index (χ1) is 25.1. The van der Waals surface area contributed by atoms with Gasteiger partial charge in [0, 0.05) is 19.5 Å². The first-order valence-electron chi connectivity index (χ1n) is 19.7. The third kappa shape index (κ3) is 27.5. The van der Waals surface area contributed by atoms with E-state index in [0.717, 1.165) is 6.42 Å². The minimum Gasteiger partial charge on any atom is -0.461 e. The Balaban J connectivity index is 4.50. The first-order valence-corrected chi connectivity index (χ1v) is 19.7. The summed E-state index contributed by atoms with van der Waals surface area (Å²) in [5.74, 6) is -0.881. The van der Waals surface area contributed by atoms with Gasteiger partial charge >= 0.3 is 24.1 Å².